The van der Waals surface area contributed by atoms with Crippen molar-refractivity contribution in [2.45, 2.75) is 20.5 Å². The molecule has 0 aliphatic carbocycles. The molecule has 2 rings (SSSR count). The van der Waals surface area contributed by atoms with Crippen molar-refractivity contribution in [3.63, 3.8) is 0 Å². The molecular formula is C15H15N3O. The fraction of sp³-hybridized carbons (Fsp3) is 0.200. The topological polar surface area (TPSA) is 71.9 Å². The van der Waals surface area contributed by atoms with Gasteiger partial charge in [-0.05, 0) is 49.2 Å². The van der Waals surface area contributed by atoms with Gasteiger partial charge in [0.1, 0.15) is 12.4 Å². The molecule has 4 nitrogen and oxygen atoms in total. The van der Waals surface area contributed by atoms with Gasteiger partial charge in [-0.3, -0.25) is 4.98 Å². The van der Waals surface area contributed by atoms with Gasteiger partial charge in [0, 0.05) is 11.9 Å². The van der Waals surface area contributed by atoms with Gasteiger partial charge in [0.05, 0.1) is 17.3 Å². The Morgan fingerprint density at radius 3 is 2.53 bits per heavy atom. The van der Waals surface area contributed by atoms with E-state index < -0.39 is 0 Å². The maximum atomic E-state index is 8.90. The average Bonchev–Trinajstić information content (AvgIpc) is 2.37. The van der Waals surface area contributed by atoms with Crippen molar-refractivity contribution in [2.75, 3.05) is 5.73 Å². The maximum absolute atomic E-state index is 8.90. The highest BCUT2D eigenvalue weighted by Gasteiger charge is 2.07. The molecule has 0 radical (unpaired) electrons. The molecule has 0 saturated heterocycles. The molecule has 0 aliphatic rings. The maximum Gasteiger partial charge on any atom is 0.130 e. The van der Waals surface area contributed by atoms with Crippen molar-refractivity contribution >= 4 is 5.69 Å². The zero-order valence-electron chi connectivity index (χ0n) is 11.0. The molecule has 0 aliphatic heterocycles. The number of aryl methyl sites for hydroxylation is 2. The van der Waals surface area contributed by atoms with E-state index in [0.29, 0.717) is 17.9 Å². The predicted molar refractivity (Wildman–Crippen MR) is 73.6 cm³/mol. The van der Waals surface area contributed by atoms with Crippen LogP contribution in [0.5, 0.6) is 5.75 Å². The highest BCUT2D eigenvalue weighted by Crippen LogP contribution is 2.25. The first-order valence-corrected chi connectivity index (χ1v) is 5.94. The first-order valence-electron chi connectivity index (χ1n) is 5.94. The van der Waals surface area contributed by atoms with Crippen molar-refractivity contribution in [1.29, 1.82) is 5.26 Å². The van der Waals surface area contributed by atoms with E-state index in [1.165, 1.54) is 0 Å². The van der Waals surface area contributed by atoms with Crippen molar-refractivity contribution in [3.05, 3.63) is 52.8 Å². The molecule has 1 aromatic heterocycles. The third-order valence-electron chi connectivity index (χ3n) is 2.79. The number of nitrogen functional groups attached to an aromatic ring is 1. The molecule has 0 bridgehead atoms. The molecule has 0 atom stereocenters. The summed E-state index contributed by atoms with van der Waals surface area (Å²) in [6.45, 7) is 4.21. The summed E-state index contributed by atoms with van der Waals surface area (Å²) in [5, 5.41) is 8.90. The molecule has 0 saturated carbocycles. The number of rotatable bonds is 3. The van der Waals surface area contributed by atoms with Crippen LogP contribution in [0.1, 0.15) is 22.4 Å². The first-order chi connectivity index (χ1) is 9.10. The summed E-state index contributed by atoms with van der Waals surface area (Å²) in [6, 6.07) is 9.29. The lowest BCUT2D eigenvalue weighted by Gasteiger charge is -2.12. The van der Waals surface area contributed by atoms with Crippen LogP contribution in [-0.2, 0) is 6.61 Å². The van der Waals surface area contributed by atoms with E-state index in [4.69, 9.17) is 15.7 Å². The largest absolute Gasteiger partial charge is 0.487 e. The summed E-state index contributed by atoms with van der Waals surface area (Å²) < 4.78 is 5.78. The van der Waals surface area contributed by atoms with Crippen molar-refractivity contribution in [3.8, 4) is 11.8 Å². The number of aromatic nitrogens is 1. The number of ether oxygens (including phenoxy) is 1. The van der Waals surface area contributed by atoms with Crippen molar-refractivity contribution in [2.24, 2.45) is 0 Å². The summed E-state index contributed by atoms with van der Waals surface area (Å²) >= 11 is 0. The van der Waals surface area contributed by atoms with Crippen LogP contribution in [0, 0.1) is 25.2 Å². The van der Waals surface area contributed by atoms with Gasteiger partial charge >= 0.3 is 0 Å². The molecule has 1 aromatic carbocycles. The zero-order chi connectivity index (χ0) is 13.8. The summed E-state index contributed by atoms with van der Waals surface area (Å²) in [5.74, 6) is 0.795. The Morgan fingerprint density at radius 2 is 1.95 bits per heavy atom. The number of pyridine rings is 1. The normalized spacial score (nSPS) is 9.95. The molecule has 0 amide bonds. The van der Waals surface area contributed by atoms with Crippen LogP contribution < -0.4 is 10.5 Å². The van der Waals surface area contributed by atoms with Crippen LogP contribution in [0.25, 0.3) is 0 Å². The fourth-order valence-electron chi connectivity index (χ4n) is 1.96. The lowest BCUT2D eigenvalue weighted by Crippen LogP contribution is -2.02. The van der Waals surface area contributed by atoms with Gasteiger partial charge in [-0.25, -0.2) is 0 Å². The Labute approximate surface area is 112 Å². The molecule has 0 fully saturated rings. The molecule has 0 spiro atoms. The summed E-state index contributed by atoms with van der Waals surface area (Å²) in [6.07, 6.45) is 1.66. The third kappa shape index (κ3) is 3.02. The first kappa shape index (κ1) is 12.9. The van der Waals surface area contributed by atoms with Gasteiger partial charge in [0.15, 0.2) is 0 Å². The van der Waals surface area contributed by atoms with E-state index in [1.54, 1.807) is 18.3 Å². The van der Waals surface area contributed by atoms with E-state index in [1.807, 2.05) is 26.0 Å². The molecule has 4 heteroatoms. The number of benzene rings is 1. The van der Waals surface area contributed by atoms with E-state index in [-0.39, 0.29) is 0 Å². The van der Waals surface area contributed by atoms with Gasteiger partial charge in [-0.15, -0.1) is 0 Å². The van der Waals surface area contributed by atoms with E-state index in [9.17, 15) is 0 Å². The Kier molecular flexibility index (Phi) is 3.67. The standard InChI is InChI=1S/C15H15N3O/c1-10-5-12(8-16)6-11(2)15(10)19-9-14-7-13(17)3-4-18-14/h3-7H,9H2,1-2H3,(H2,17,18). The highest BCUT2D eigenvalue weighted by atomic mass is 16.5. The van der Waals surface area contributed by atoms with Crippen LogP contribution >= 0.6 is 0 Å². The van der Waals surface area contributed by atoms with Crippen LogP contribution in [0.15, 0.2) is 30.5 Å². The number of nitriles is 1. The number of hydrogen-bond donors (Lipinski definition) is 1. The predicted octanol–water partition coefficient (Wildman–Crippen LogP) is 2.73. The summed E-state index contributed by atoms with van der Waals surface area (Å²) in [4.78, 5) is 4.19. The van der Waals surface area contributed by atoms with Gasteiger partial charge in [0.25, 0.3) is 0 Å². The van der Waals surface area contributed by atoms with Crippen molar-refractivity contribution < 1.29 is 4.74 Å². The number of nitrogens with zero attached hydrogens (tertiary/aromatic N) is 2. The van der Waals surface area contributed by atoms with Gasteiger partial charge in [-0.1, -0.05) is 0 Å². The quantitative estimate of drug-likeness (QED) is 0.912. The molecule has 0 unspecified atom stereocenters. The minimum absolute atomic E-state index is 0.360. The molecule has 2 aromatic rings. The van der Waals surface area contributed by atoms with Crippen LogP contribution in [0.3, 0.4) is 0 Å². The minimum Gasteiger partial charge on any atom is -0.487 e. The monoisotopic (exact) mass is 253 g/mol. The van der Waals surface area contributed by atoms with Crippen molar-refractivity contribution in [1.82, 2.24) is 4.98 Å². The minimum atomic E-state index is 0.360. The smallest absolute Gasteiger partial charge is 0.130 e. The van der Waals surface area contributed by atoms with E-state index in [2.05, 4.69) is 11.1 Å². The second kappa shape index (κ2) is 5.40. The number of anilines is 1. The molecular weight excluding hydrogens is 238 g/mol. The lowest BCUT2D eigenvalue weighted by atomic mass is 10.1. The second-order valence-electron chi connectivity index (χ2n) is 4.42. The Bertz CT molecular complexity index is 621. The molecule has 2 N–H and O–H groups in total. The molecule has 19 heavy (non-hydrogen) atoms. The second-order valence-corrected chi connectivity index (χ2v) is 4.42. The number of hydrogen-bond acceptors (Lipinski definition) is 4. The van der Waals surface area contributed by atoms with Gasteiger partial charge in [0.2, 0.25) is 0 Å². The number of nitrogens with two attached hydrogens (primary N) is 1. The molecule has 96 valence electrons. The third-order valence-corrected chi connectivity index (χ3v) is 2.79. The van der Waals surface area contributed by atoms with Gasteiger partial charge in [-0.2, -0.15) is 5.26 Å². The summed E-state index contributed by atoms with van der Waals surface area (Å²) in [7, 11) is 0. The SMILES string of the molecule is Cc1cc(C#N)cc(C)c1OCc1cc(N)ccn1. The summed E-state index contributed by atoms with van der Waals surface area (Å²) in [5.41, 5.74) is 9.68. The fourth-order valence-corrected chi connectivity index (χ4v) is 1.96. The van der Waals surface area contributed by atoms with Crippen LogP contribution in [-0.4, -0.2) is 4.98 Å². The Morgan fingerprint density at radius 1 is 1.26 bits per heavy atom. The zero-order valence-corrected chi connectivity index (χ0v) is 11.0. The van der Waals surface area contributed by atoms with Crippen LogP contribution in [0.2, 0.25) is 0 Å². The molecule has 1 heterocycles. The lowest BCUT2D eigenvalue weighted by molar-refractivity contribution is 0.297. The van der Waals surface area contributed by atoms with E-state index >= 15 is 0 Å². The Hall–Kier alpha value is -2.54. The average molecular weight is 253 g/mol. The Balaban J connectivity index is 2.18. The van der Waals surface area contributed by atoms with E-state index in [0.717, 1.165) is 22.6 Å². The van der Waals surface area contributed by atoms with Gasteiger partial charge < -0.3 is 10.5 Å². The highest BCUT2D eigenvalue weighted by molar-refractivity contribution is 5.47. The van der Waals surface area contributed by atoms with Crippen LogP contribution in [0.4, 0.5) is 5.69 Å².